The predicted octanol–water partition coefficient (Wildman–Crippen LogP) is 4.50. The van der Waals surface area contributed by atoms with E-state index in [1.165, 1.54) is 23.8 Å². The van der Waals surface area contributed by atoms with Gasteiger partial charge in [0, 0.05) is 11.6 Å². The van der Waals surface area contributed by atoms with E-state index in [2.05, 4.69) is 20.8 Å². The van der Waals surface area contributed by atoms with E-state index in [0.29, 0.717) is 0 Å². The third-order valence-corrected chi connectivity index (χ3v) is 3.69. The molecule has 2 aromatic rings. The largest absolute Gasteiger partial charge is 0.324 e. The molecule has 0 bridgehead atoms. The summed E-state index contributed by atoms with van der Waals surface area (Å²) in [5, 5.41) is 0. The Morgan fingerprint density at radius 1 is 0.952 bits per heavy atom. The Balaban J connectivity index is 2.19. The van der Waals surface area contributed by atoms with Crippen molar-refractivity contribution < 1.29 is 8.78 Å². The zero-order valence-electron chi connectivity index (χ0n) is 12.7. The van der Waals surface area contributed by atoms with Crippen molar-refractivity contribution in [1.82, 2.24) is 0 Å². The van der Waals surface area contributed by atoms with Gasteiger partial charge >= 0.3 is 0 Å². The number of hydrogen-bond acceptors (Lipinski definition) is 1. The Hall–Kier alpha value is -1.74. The Bertz CT molecular complexity index is 592. The van der Waals surface area contributed by atoms with Crippen molar-refractivity contribution in [3.8, 4) is 0 Å². The van der Waals surface area contributed by atoms with E-state index in [4.69, 9.17) is 5.73 Å². The van der Waals surface area contributed by atoms with Gasteiger partial charge in [-0.1, -0.05) is 51.1 Å². The van der Waals surface area contributed by atoms with Crippen molar-refractivity contribution in [3.63, 3.8) is 0 Å². The zero-order valence-corrected chi connectivity index (χ0v) is 12.7. The summed E-state index contributed by atoms with van der Waals surface area (Å²) in [5.74, 6) is -1.09. The number of nitrogens with two attached hydrogens (primary N) is 1. The lowest BCUT2D eigenvalue weighted by Gasteiger charge is -2.20. The average molecular weight is 289 g/mol. The molecule has 0 aliphatic heterocycles. The van der Waals surface area contributed by atoms with Crippen LogP contribution in [0, 0.1) is 11.6 Å². The van der Waals surface area contributed by atoms with Gasteiger partial charge in [-0.3, -0.25) is 0 Å². The highest BCUT2D eigenvalue weighted by molar-refractivity contribution is 5.31. The second-order valence-corrected chi connectivity index (χ2v) is 6.38. The first-order chi connectivity index (χ1) is 9.79. The second-order valence-electron chi connectivity index (χ2n) is 6.38. The van der Waals surface area contributed by atoms with E-state index in [-0.39, 0.29) is 17.4 Å². The molecule has 112 valence electrons. The van der Waals surface area contributed by atoms with Gasteiger partial charge < -0.3 is 5.73 Å². The van der Waals surface area contributed by atoms with Crippen LogP contribution in [0.1, 0.15) is 43.5 Å². The Kier molecular flexibility index (Phi) is 4.43. The molecule has 0 amide bonds. The van der Waals surface area contributed by atoms with E-state index in [1.807, 2.05) is 24.3 Å². The highest BCUT2D eigenvalue weighted by atomic mass is 19.1. The van der Waals surface area contributed by atoms with Crippen LogP contribution in [-0.2, 0) is 11.8 Å². The van der Waals surface area contributed by atoms with E-state index in [9.17, 15) is 8.78 Å². The first-order valence-electron chi connectivity index (χ1n) is 7.08. The topological polar surface area (TPSA) is 26.0 Å². The lowest BCUT2D eigenvalue weighted by molar-refractivity contribution is 0.539. The van der Waals surface area contributed by atoms with Gasteiger partial charge in [0.15, 0.2) is 0 Å². The fourth-order valence-corrected chi connectivity index (χ4v) is 2.30. The van der Waals surface area contributed by atoms with Crippen molar-refractivity contribution in [3.05, 3.63) is 70.8 Å². The monoisotopic (exact) mass is 289 g/mol. The molecule has 0 spiro atoms. The summed E-state index contributed by atoms with van der Waals surface area (Å²) >= 11 is 0. The molecule has 0 saturated carbocycles. The molecule has 3 heteroatoms. The molecule has 0 fully saturated rings. The van der Waals surface area contributed by atoms with Gasteiger partial charge in [-0.15, -0.1) is 0 Å². The summed E-state index contributed by atoms with van der Waals surface area (Å²) in [5.41, 5.74) is 8.29. The minimum Gasteiger partial charge on any atom is -0.324 e. The zero-order chi connectivity index (χ0) is 15.6. The lowest BCUT2D eigenvalue weighted by atomic mass is 9.86. The summed E-state index contributed by atoms with van der Waals surface area (Å²) in [6.45, 7) is 6.41. The third kappa shape index (κ3) is 3.67. The molecule has 1 atom stereocenters. The number of benzene rings is 2. The molecule has 1 unspecified atom stereocenters. The molecule has 0 saturated heterocycles. The molecule has 0 radical (unpaired) electrons. The van der Waals surface area contributed by atoms with Crippen molar-refractivity contribution in [1.29, 1.82) is 0 Å². The number of halogens is 2. The minimum absolute atomic E-state index is 0.0462. The van der Waals surface area contributed by atoms with Crippen LogP contribution < -0.4 is 5.73 Å². The molecular weight excluding hydrogens is 268 g/mol. The normalized spacial score (nSPS) is 13.2. The maximum absolute atomic E-state index is 13.7. The van der Waals surface area contributed by atoms with E-state index < -0.39 is 17.7 Å². The molecule has 21 heavy (non-hydrogen) atoms. The SMILES string of the molecule is CC(C)(C)c1ccc(C(N)Cc2c(F)cccc2F)cc1. The van der Waals surface area contributed by atoms with Gasteiger partial charge in [-0.2, -0.15) is 0 Å². The molecule has 2 rings (SSSR count). The van der Waals surface area contributed by atoms with Crippen molar-refractivity contribution in [2.24, 2.45) is 5.73 Å². The number of hydrogen-bond donors (Lipinski definition) is 1. The Labute approximate surface area is 124 Å². The van der Waals surface area contributed by atoms with Crippen molar-refractivity contribution in [2.45, 2.75) is 38.6 Å². The molecule has 0 aliphatic carbocycles. The first kappa shape index (κ1) is 15.6. The maximum atomic E-state index is 13.7. The van der Waals surface area contributed by atoms with E-state index >= 15 is 0 Å². The second kappa shape index (κ2) is 5.94. The maximum Gasteiger partial charge on any atom is 0.129 e. The molecule has 0 aromatic heterocycles. The van der Waals surface area contributed by atoms with Gasteiger partial charge in [0.1, 0.15) is 11.6 Å². The quantitative estimate of drug-likeness (QED) is 0.884. The van der Waals surface area contributed by atoms with Crippen LogP contribution in [0.25, 0.3) is 0 Å². The van der Waals surface area contributed by atoms with Gasteiger partial charge in [-0.25, -0.2) is 8.78 Å². The Morgan fingerprint density at radius 2 is 1.48 bits per heavy atom. The fourth-order valence-electron chi connectivity index (χ4n) is 2.30. The van der Waals surface area contributed by atoms with Gasteiger partial charge in [-0.05, 0) is 35.1 Å². The van der Waals surface area contributed by atoms with Crippen LogP contribution in [0.5, 0.6) is 0 Å². The summed E-state index contributed by atoms with van der Waals surface area (Å²) in [6, 6.07) is 11.4. The summed E-state index contributed by atoms with van der Waals surface area (Å²) in [7, 11) is 0. The van der Waals surface area contributed by atoms with Gasteiger partial charge in [0.25, 0.3) is 0 Å². The molecular formula is C18H21F2N. The first-order valence-corrected chi connectivity index (χ1v) is 7.08. The highest BCUT2D eigenvalue weighted by Gasteiger charge is 2.16. The number of rotatable bonds is 3. The van der Waals surface area contributed by atoms with Gasteiger partial charge in [0.2, 0.25) is 0 Å². The molecule has 0 heterocycles. The van der Waals surface area contributed by atoms with Crippen LogP contribution in [-0.4, -0.2) is 0 Å². The molecule has 0 aliphatic rings. The standard InChI is InChI=1S/C18H21F2N/c1-18(2,3)13-9-7-12(8-10-13)17(21)11-14-15(19)5-4-6-16(14)20/h4-10,17H,11,21H2,1-3H3. The summed E-state index contributed by atoms with van der Waals surface area (Å²) in [4.78, 5) is 0. The van der Waals surface area contributed by atoms with Crippen LogP contribution in [0.3, 0.4) is 0 Å². The highest BCUT2D eigenvalue weighted by Crippen LogP contribution is 2.25. The van der Waals surface area contributed by atoms with Crippen molar-refractivity contribution in [2.75, 3.05) is 0 Å². The lowest BCUT2D eigenvalue weighted by Crippen LogP contribution is -2.16. The van der Waals surface area contributed by atoms with Crippen molar-refractivity contribution >= 4 is 0 Å². The van der Waals surface area contributed by atoms with Crippen LogP contribution in [0.2, 0.25) is 0 Å². The third-order valence-electron chi connectivity index (χ3n) is 3.69. The van der Waals surface area contributed by atoms with Crippen LogP contribution in [0.4, 0.5) is 8.78 Å². The molecule has 1 nitrogen and oxygen atoms in total. The fraction of sp³-hybridized carbons (Fsp3) is 0.333. The van der Waals surface area contributed by atoms with Crippen LogP contribution >= 0.6 is 0 Å². The molecule has 2 aromatic carbocycles. The Morgan fingerprint density at radius 3 is 1.95 bits per heavy atom. The van der Waals surface area contributed by atoms with E-state index in [1.54, 1.807) is 0 Å². The smallest absolute Gasteiger partial charge is 0.129 e. The summed E-state index contributed by atoms with van der Waals surface area (Å²) < 4.78 is 27.3. The average Bonchev–Trinajstić information content (AvgIpc) is 2.42. The summed E-state index contributed by atoms with van der Waals surface area (Å²) in [6.07, 6.45) is 0.146. The van der Waals surface area contributed by atoms with Gasteiger partial charge in [0.05, 0.1) is 0 Å². The van der Waals surface area contributed by atoms with Crippen LogP contribution in [0.15, 0.2) is 42.5 Å². The predicted molar refractivity (Wildman–Crippen MR) is 82.1 cm³/mol. The minimum atomic E-state index is -0.545. The molecule has 2 N–H and O–H groups in total. The van der Waals surface area contributed by atoms with E-state index in [0.717, 1.165) is 5.56 Å².